The Morgan fingerprint density at radius 3 is 2.33 bits per heavy atom. The van der Waals surface area contributed by atoms with E-state index in [1.165, 1.54) is 11.1 Å². The maximum Gasteiger partial charge on any atom is 0.237 e. The third-order valence-electron chi connectivity index (χ3n) is 6.91. The average molecular weight is 519 g/mol. The first-order valence-electron chi connectivity index (χ1n) is 13.2. The van der Waals surface area contributed by atoms with E-state index in [2.05, 4.69) is 44.6 Å². The molecule has 1 aliphatic carbocycles. The summed E-state index contributed by atoms with van der Waals surface area (Å²) in [5, 5.41) is 8.05. The number of benzene rings is 2. The van der Waals surface area contributed by atoms with E-state index in [0.29, 0.717) is 54.0 Å². The molecule has 0 unspecified atom stereocenters. The standard InChI is InChI=1S/C31H30N6O2/c1-39-31-26(13-8-16-32-31)34-28-18-29(37-30(35-28)25(19-33-37)27(38)17-22-14-15-22)36(20-23-9-4-2-5-10-23)21-24-11-6-3-7-12-24/h2-13,16,18-19,22H,14-15,17,20-21H2,1H3,(H,34,35). The number of ether oxygens (including phenoxy) is 1. The predicted octanol–water partition coefficient (Wildman–Crippen LogP) is 6.07. The van der Waals surface area contributed by atoms with Gasteiger partial charge in [0.25, 0.3) is 0 Å². The second-order valence-electron chi connectivity index (χ2n) is 9.88. The number of nitrogens with zero attached hydrogens (tertiary/aromatic N) is 5. The fraction of sp³-hybridized carbons (Fsp3) is 0.226. The highest BCUT2D eigenvalue weighted by Gasteiger charge is 2.28. The van der Waals surface area contributed by atoms with Gasteiger partial charge in [-0.25, -0.2) is 9.97 Å². The Bertz CT molecular complexity index is 1540. The molecular formula is C31H30N6O2. The van der Waals surface area contributed by atoms with E-state index in [0.717, 1.165) is 18.7 Å². The molecule has 0 saturated heterocycles. The van der Waals surface area contributed by atoms with Crippen LogP contribution in [0.2, 0.25) is 0 Å². The molecule has 0 spiro atoms. The van der Waals surface area contributed by atoms with Crippen LogP contribution in [-0.4, -0.2) is 32.5 Å². The van der Waals surface area contributed by atoms with E-state index >= 15 is 0 Å². The lowest BCUT2D eigenvalue weighted by molar-refractivity contribution is 0.0977. The molecule has 0 bridgehead atoms. The number of fused-ring (bicyclic) bond motifs is 1. The summed E-state index contributed by atoms with van der Waals surface area (Å²) in [5.41, 5.74) is 4.10. The van der Waals surface area contributed by atoms with Crippen molar-refractivity contribution in [2.45, 2.75) is 32.4 Å². The summed E-state index contributed by atoms with van der Waals surface area (Å²) in [7, 11) is 1.59. The lowest BCUT2D eigenvalue weighted by Gasteiger charge is -2.26. The number of hydrogen-bond donors (Lipinski definition) is 1. The fourth-order valence-corrected chi connectivity index (χ4v) is 4.74. The van der Waals surface area contributed by atoms with Gasteiger partial charge in [-0.15, -0.1) is 0 Å². The fourth-order valence-electron chi connectivity index (χ4n) is 4.74. The molecular weight excluding hydrogens is 488 g/mol. The van der Waals surface area contributed by atoms with Crippen LogP contribution in [0, 0.1) is 5.92 Å². The van der Waals surface area contributed by atoms with Gasteiger partial charge in [-0.3, -0.25) is 4.79 Å². The molecule has 3 heterocycles. The number of anilines is 3. The van der Waals surface area contributed by atoms with Crippen molar-refractivity contribution >= 4 is 28.8 Å². The number of hydrogen-bond acceptors (Lipinski definition) is 7. The van der Waals surface area contributed by atoms with Gasteiger partial charge in [0.1, 0.15) is 17.3 Å². The lowest BCUT2D eigenvalue weighted by atomic mass is 10.1. The molecule has 2 aromatic carbocycles. The summed E-state index contributed by atoms with van der Waals surface area (Å²) in [6.45, 7) is 1.30. The van der Waals surface area contributed by atoms with Crippen molar-refractivity contribution in [2.24, 2.45) is 5.92 Å². The molecule has 0 radical (unpaired) electrons. The molecule has 1 N–H and O–H groups in total. The van der Waals surface area contributed by atoms with E-state index < -0.39 is 0 Å². The minimum atomic E-state index is 0.0831. The van der Waals surface area contributed by atoms with Crippen molar-refractivity contribution in [3.63, 3.8) is 0 Å². The van der Waals surface area contributed by atoms with Crippen molar-refractivity contribution < 1.29 is 9.53 Å². The Morgan fingerprint density at radius 2 is 1.69 bits per heavy atom. The number of Topliss-reactive ketones (excluding diaryl/α,β-unsaturated/α-hetero) is 1. The maximum atomic E-state index is 13.2. The highest BCUT2D eigenvalue weighted by Crippen LogP contribution is 2.35. The van der Waals surface area contributed by atoms with Crippen molar-refractivity contribution in [3.8, 4) is 5.88 Å². The number of rotatable bonds is 11. The summed E-state index contributed by atoms with van der Waals surface area (Å²) in [4.78, 5) is 24.7. The van der Waals surface area contributed by atoms with Crippen LogP contribution in [0.5, 0.6) is 5.88 Å². The van der Waals surface area contributed by atoms with Crippen molar-refractivity contribution in [1.29, 1.82) is 0 Å². The van der Waals surface area contributed by atoms with Gasteiger partial charge in [-0.1, -0.05) is 60.7 Å². The average Bonchev–Trinajstić information content (AvgIpc) is 3.68. The molecule has 8 heteroatoms. The van der Waals surface area contributed by atoms with Crippen LogP contribution in [0.15, 0.2) is 91.3 Å². The van der Waals surface area contributed by atoms with Crippen molar-refractivity contribution in [3.05, 3.63) is 108 Å². The number of pyridine rings is 1. The number of carbonyl (C=O) groups is 1. The minimum absolute atomic E-state index is 0.0831. The molecule has 39 heavy (non-hydrogen) atoms. The zero-order valence-corrected chi connectivity index (χ0v) is 21.8. The summed E-state index contributed by atoms with van der Waals surface area (Å²) >= 11 is 0. The number of ketones is 1. The van der Waals surface area contributed by atoms with Gasteiger partial charge in [-0.2, -0.15) is 9.61 Å². The molecule has 196 valence electrons. The second-order valence-corrected chi connectivity index (χ2v) is 9.88. The minimum Gasteiger partial charge on any atom is -0.480 e. The molecule has 3 aromatic heterocycles. The molecule has 1 aliphatic rings. The van der Waals surface area contributed by atoms with Gasteiger partial charge in [0.05, 0.1) is 18.9 Å². The second kappa shape index (κ2) is 10.9. The van der Waals surface area contributed by atoms with Crippen LogP contribution in [0.4, 0.5) is 17.3 Å². The highest BCUT2D eigenvalue weighted by molar-refractivity contribution is 6.02. The summed E-state index contributed by atoms with van der Waals surface area (Å²) in [6, 6.07) is 26.4. The first-order chi connectivity index (χ1) is 19.2. The van der Waals surface area contributed by atoms with Crippen molar-refractivity contribution in [1.82, 2.24) is 19.6 Å². The molecule has 5 aromatic rings. The molecule has 8 nitrogen and oxygen atoms in total. The third-order valence-corrected chi connectivity index (χ3v) is 6.91. The topological polar surface area (TPSA) is 84.6 Å². The van der Waals surface area contributed by atoms with Gasteiger partial charge < -0.3 is 15.0 Å². The van der Waals surface area contributed by atoms with Gasteiger partial charge in [-0.05, 0) is 42.0 Å². The SMILES string of the molecule is COc1ncccc1Nc1cc(N(Cc2ccccc2)Cc2ccccc2)n2ncc(C(=O)CC3CC3)c2n1. The normalized spacial score (nSPS) is 12.8. The molecule has 0 atom stereocenters. The van der Waals surface area contributed by atoms with E-state index in [1.807, 2.05) is 54.6 Å². The van der Waals surface area contributed by atoms with Crippen LogP contribution >= 0.6 is 0 Å². The molecule has 0 amide bonds. The monoisotopic (exact) mass is 518 g/mol. The van der Waals surface area contributed by atoms with E-state index in [1.54, 1.807) is 24.0 Å². The Hall–Kier alpha value is -4.72. The van der Waals surface area contributed by atoms with Gasteiger partial charge in [0, 0.05) is 31.8 Å². The Morgan fingerprint density at radius 1 is 1.00 bits per heavy atom. The predicted molar refractivity (Wildman–Crippen MR) is 152 cm³/mol. The number of methoxy groups -OCH3 is 1. The van der Waals surface area contributed by atoms with Crippen LogP contribution < -0.4 is 15.0 Å². The number of nitrogens with one attached hydrogen (secondary N) is 1. The first kappa shape index (κ1) is 24.6. The Balaban J connectivity index is 1.47. The molecule has 0 aliphatic heterocycles. The molecule has 1 fully saturated rings. The van der Waals surface area contributed by atoms with E-state index in [9.17, 15) is 4.79 Å². The van der Waals surface area contributed by atoms with Gasteiger partial charge >= 0.3 is 0 Å². The highest BCUT2D eigenvalue weighted by atomic mass is 16.5. The van der Waals surface area contributed by atoms with Crippen molar-refractivity contribution in [2.75, 3.05) is 17.3 Å². The number of carbonyl (C=O) groups excluding carboxylic acids is 1. The quantitative estimate of drug-likeness (QED) is 0.213. The van der Waals surface area contributed by atoms with Gasteiger partial charge in [0.2, 0.25) is 5.88 Å². The molecule has 1 saturated carbocycles. The number of aromatic nitrogens is 4. The third kappa shape index (κ3) is 5.60. The van der Waals surface area contributed by atoms with E-state index in [4.69, 9.17) is 9.72 Å². The lowest BCUT2D eigenvalue weighted by Crippen LogP contribution is -2.25. The zero-order chi connectivity index (χ0) is 26.6. The van der Waals surface area contributed by atoms with Crippen LogP contribution in [0.25, 0.3) is 5.65 Å². The zero-order valence-electron chi connectivity index (χ0n) is 21.8. The summed E-state index contributed by atoms with van der Waals surface area (Å²) in [6.07, 6.45) is 6.09. The molecule has 6 rings (SSSR count). The smallest absolute Gasteiger partial charge is 0.237 e. The first-order valence-corrected chi connectivity index (χ1v) is 13.2. The Labute approximate surface area is 227 Å². The van der Waals surface area contributed by atoms with Crippen LogP contribution in [-0.2, 0) is 13.1 Å². The van der Waals surface area contributed by atoms with Gasteiger partial charge in [0.15, 0.2) is 11.4 Å². The summed E-state index contributed by atoms with van der Waals surface area (Å²) in [5.74, 6) is 2.42. The Kier molecular flexibility index (Phi) is 6.91. The van der Waals surface area contributed by atoms with Crippen LogP contribution in [0.3, 0.4) is 0 Å². The van der Waals surface area contributed by atoms with Crippen LogP contribution in [0.1, 0.15) is 40.7 Å². The van der Waals surface area contributed by atoms with E-state index in [-0.39, 0.29) is 5.78 Å². The largest absolute Gasteiger partial charge is 0.480 e. The summed E-state index contributed by atoms with van der Waals surface area (Å²) < 4.78 is 7.24. The maximum absolute atomic E-state index is 13.2.